The van der Waals surface area contributed by atoms with Crippen molar-refractivity contribution in [2.75, 3.05) is 37.4 Å². The standard InChI is InChI=1S/C10H17N3O/c1-3-13(4-5-14-2)10-6-9(11)7-12-8-10/h6-8H,3-5,11H2,1-2H3. The van der Waals surface area contributed by atoms with Gasteiger partial charge in [0.05, 0.1) is 24.2 Å². The van der Waals surface area contributed by atoms with E-state index < -0.39 is 0 Å². The lowest BCUT2D eigenvalue weighted by atomic mass is 10.3. The minimum Gasteiger partial charge on any atom is -0.397 e. The molecule has 0 bridgehead atoms. The number of rotatable bonds is 5. The number of anilines is 2. The number of ether oxygens (including phenoxy) is 1. The van der Waals surface area contributed by atoms with E-state index in [9.17, 15) is 0 Å². The van der Waals surface area contributed by atoms with Gasteiger partial charge in [0, 0.05) is 26.4 Å². The Hall–Kier alpha value is -1.29. The first-order valence-corrected chi connectivity index (χ1v) is 4.72. The van der Waals surface area contributed by atoms with Gasteiger partial charge in [0.1, 0.15) is 0 Å². The lowest BCUT2D eigenvalue weighted by Gasteiger charge is -2.22. The van der Waals surface area contributed by atoms with Crippen LogP contribution < -0.4 is 10.6 Å². The molecule has 1 aromatic rings. The van der Waals surface area contributed by atoms with Gasteiger partial charge in [-0.2, -0.15) is 0 Å². The van der Waals surface area contributed by atoms with Crippen molar-refractivity contribution in [2.45, 2.75) is 6.92 Å². The highest BCUT2D eigenvalue weighted by molar-refractivity contribution is 5.53. The number of hydrogen-bond donors (Lipinski definition) is 1. The summed E-state index contributed by atoms with van der Waals surface area (Å²) in [5.74, 6) is 0. The maximum Gasteiger partial charge on any atom is 0.0637 e. The van der Waals surface area contributed by atoms with E-state index in [0.29, 0.717) is 12.3 Å². The zero-order valence-corrected chi connectivity index (χ0v) is 8.73. The molecule has 0 saturated carbocycles. The molecule has 0 spiro atoms. The molecule has 0 radical (unpaired) electrons. The van der Waals surface area contributed by atoms with E-state index in [0.717, 1.165) is 18.8 Å². The van der Waals surface area contributed by atoms with Gasteiger partial charge in [-0.25, -0.2) is 0 Å². The summed E-state index contributed by atoms with van der Waals surface area (Å²) in [5, 5.41) is 0. The topological polar surface area (TPSA) is 51.4 Å². The highest BCUT2D eigenvalue weighted by Crippen LogP contribution is 2.14. The maximum atomic E-state index is 5.66. The molecule has 1 rings (SSSR count). The van der Waals surface area contributed by atoms with Crippen LogP contribution in [0.25, 0.3) is 0 Å². The minimum absolute atomic E-state index is 0.693. The maximum absolute atomic E-state index is 5.66. The molecule has 1 aromatic heterocycles. The third-order valence-electron chi connectivity index (χ3n) is 2.06. The monoisotopic (exact) mass is 195 g/mol. The van der Waals surface area contributed by atoms with Gasteiger partial charge in [-0.1, -0.05) is 0 Å². The molecule has 0 aliphatic carbocycles. The van der Waals surface area contributed by atoms with Crippen LogP contribution in [0.3, 0.4) is 0 Å². The first kappa shape index (κ1) is 10.8. The number of nitrogens with two attached hydrogens (primary N) is 1. The first-order chi connectivity index (χ1) is 6.77. The van der Waals surface area contributed by atoms with Crippen LogP contribution in [0.1, 0.15) is 6.92 Å². The Labute approximate surface area is 84.7 Å². The zero-order chi connectivity index (χ0) is 10.4. The fraction of sp³-hybridized carbons (Fsp3) is 0.500. The summed E-state index contributed by atoms with van der Waals surface area (Å²) in [6.07, 6.45) is 3.46. The average molecular weight is 195 g/mol. The zero-order valence-electron chi connectivity index (χ0n) is 8.73. The summed E-state index contributed by atoms with van der Waals surface area (Å²) >= 11 is 0. The fourth-order valence-electron chi connectivity index (χ4n) is 1.29. The van der Waals surface area contributed by atoms with E-state index in [-0.39, 0.29) is 0 Å². The largest absolute Gasteiger partial charge is 0.397 e. The minimum atomic E-state index is 0.693. The summed E-state index contributed by atoms with van der Waals surface area (Å²) in [6.45, 7) is 4.59. The molecule has 0 unspecified atom stereocenters. The summed E-state index contributed by atoms with van der Waals surface area (Å²) in [5.41, 5.74) is 7.40. The Balaban J connectivity index is 2.68. The molecular weight excluding hydrogens is 178 g/mol. The molecule has 4 nitrogen and oxygen atoms in total. The average Bonchev–Trinajstić information content (AvgIpc) is 2.19. The predicted octanol–water partition coefficient (Wildman–Crippen LogP) is 1.14. The van der Waals surface area contributed by atoms with E-state index in [2.05, 4.69) is 16.8 Å². The third kappa shape index (κ3) is 2.88. The molecule has 78 valence electrons. The summed E-state index contributed by atoms with van der Waals surface area (Å²) in [7, 11) is 1.70. The molecule has 0 saturated heterocycles. The van der Waals surface area contributed by atoms with Gasteiger partial charge in [0.25, 0.3) is 0 Å². The SMILES string of the molecule is CCN(CCOC)c1cncc(N)c1. The van der Waals surface area contributed by atoms with Crippen molar-refractivity contribution in [3.05, 3.63) is 18.5 Å². The van der Waals surface area contributed by atoms with Crippen LogP contribution in [-0.2, 0) is 4.74 Å². The molecular formula is C10H17N3O. The highest BCUT2D eigenvalue weighted by atomic mass is 16.5. The van der Waals surface area contributed by atoms with E-state index >= 15 is 0 Å². The lowest BCUT2D eigenvalue weighted by Crippen LogP contribution is -2.26. The third-order valence-corrected chi connectivity index (χ3v) is 2.06. The van der Waals surface area contributed by atoms with Crippen LogP contribution in [0.2, 0.25) is 0 Å². The van der Waals surface area contributed by atoms with Crippen molar-refractivity contribution in [2.24, 2.45) is 0 Å². The van der Waals surface area contributed by atoms with Crippen LogP contribution in [0.4, 0.5) is 11.4 Å². The van der Waals surface area contributed by atoms with Crippen molar-refractivity contribution in [1.29, 1.82) is 0 Å². The van der Waals surface area contributed by atoms with Crippen LogP contribution in [0.15, 0.2) is 18.5 Å². The molecule has 14 heavy (non-hydrogen) atoms. The molecule has 0 fully saturated rings. The number of hydrogen-bond acceptors (Lipinski definition) is 4. The van der Waals surface area contributed by atoms with Crippen molar-refractivity contribution in [3.8, 4) is 0 Å². The van der Waals surface area contributed by atoms with Crippen LogP contribution in [0, 0.1) is 0 Å². The fourth-order valence-corrected chi connectivity index (χ4v) is 1.29. The van der Waals surface area contributed by atoms with Crippen molar-refractivity contribution in [3.63, 3.8) is 0 Å². The van der Waals surface area contributed by atoms with Gasteiger partial charge in [-0.3, -0.25) is 4.98 Å². The van der Waals surface area contributed by atoms with Gasteiger partial charge in [-0.05, 0) is 13.0 Å². The van der Waals surface area contributed by atoms with E-state index in [1.54, 1.807) is 13.3 Å². The van der Waals surface area contributed by atoms with Gasteiger partial charge < -0.3 is 15.4 Å². The van der Waals surface area contributed by atoms with Crippen molar-refractivity contribution >= 4 is 11.4 Å². The van der Waals surface area contributed by atoms with Crippen LogP contribution >= 0.6 is 0 Å². The molecule has 0 aliphatic rings. The lowest BCUT2D eigenvalue weighted by molar-refractivity contribution is 0.205. The van der Waals surface area contributed by atoms with Crippen molar-refractivity contribution in [1.82, 2.24) is 4.98 Å². The summed E-state index contributed by atoms with van der Waals surface area (Å²) in [4.78, 5) is 6.23. The smallest absolute Gasteiger partial charge is 0.0637 e. The van der Waals surface area contributed by atoms with Crippen molar-refractivity contribution < 1.29 is 4.74 Å². The van der Waals surface area contributed by atoms with E-state index in [1.807, 2.05) is 12.3 Å². The number of nitrogen functional groups attached to an aromatic ring is 1. The molecule has 0 aromatic carbocycles. The molecule has 1 heterocycles. The number of pyridine rings is 1. The van der Waals surface area contributed by atoms with Crippen LogP contribution in [0.5, 0.6) is 0 Å². The quantitative estimate of drug-likeness (QED) is 0.765. The van der Waals surface area contributed by atoms with Gasteiger partial charge in [0.2, 0.25) is 0 Å². The second kappa shape index (κ2) is 5.44. The number of likely N-dealkylation sites (N-methyl/N-ethyl adjacent to an activating group) is 1. The second-order valence-corrected chi connectivity index (χ2v) is 3.05. The second-order valence-electron chi connectivity index (χ2n) is 3.05. The molecule has 0 aliphatic heterocycles. The van der Waals surface area contributed by atoms with E-state index in [1.165, 1.54) is 0 Å². The highest BCUT2D eigenvalue weighted by Gasteiger charge is 2.03. The summed E-state index contributed by atoms with van der Waals surface area (Å²) in [6, 6.07) is 1.92. The predicted molar refractivity (Wildman–Crippen MR) is 58.4 cm³/mol. The van der Waals surface area contributed by atoms with Gasteiger partial charge >= 0.3 is 0 Å². The van der Waals surface area contributed by atoms with E-state index in [4.69, 9.17) is 10.5 Å². The molecule has 0 amide bonds. The normalized spacial score (nSPS) is 10.1. The van der Waals surface area contributed by atoms with Gasteiger partial charge in [0.15, 0.2) is 0 Å². The summed E-state index contributed by atoms with van der Waals surface area (Å²) < 4.78 is 5.03. The molecule has 2 N–H and O–H groups in total. The number of nitrogens with zero attached hydrogens (tertiary/aromatic N) is 2. The number of methoxy groups -OCH3 is 1. The Kier molecular flexibility index (Phi) is 4.19. The first-order valence-electron chi connectivity index (χ1n) is 4.72. The Bertz CT molecular complexity index is 278. The Morgan fingerprint density at radius 3 is 2.86 bits per heavy atom. The Morgan fingerprint density at radius 2 is 2.29 bits per heavy atom. The molecule has 0 atom stereocenters. The molecule has 4 heteroatoms. The Morgan fingerprint density at radius 1 is 1.50 bits per heavy atom. The van der Waals surface area contributed by atoms with Crippen LogP contribution in [-0.4, -0.2) is 31.8 Å². The number of aromatic nitrogens is 1. The van der Waals surface area contributed by atoms with Gasteiger partial charge in [-0.15, -0.1) is 0 Å².